The third-order valence-electron chi connectivity index (χ3n) is 4.64. The first-order valence-corrected chi connectivity index (χ1v) is 9.09. The second-order valence-corrected chi connectivity index (χ2v) is 6.78. The number of aryl methyl sites for hydroxylation is 1. The first kappa shape index (κ1) is 18.4. The Morgan fingerprint density at radius 1 is 1.15 bits per heavy atom. The summed E-state index contributed by atoms with van der Waals surface area (Å²) in [4.78, 5) is 26.5. The van der Waals surface area contributed by atoms with Gasteiger partial charge >= 0.3 is 0 Å². The van der Waals surface area contributed by atoms with Crippen molar-refractivity contribution in [3.8, 4) is 0 Å². The summed E-state index contributed by atoms with van der Waals surface area (Å²) in [7, 11) is 0. The molecule has 26 heavy (non-hydrogen) atoms. The molecule has 0 saturated carbocycles. The maximum atomic E-state index is 12.6. The lowest BCUT2D eigenvalue weighted by Gasteiger charge is -2.17. The second-order valence-electron chi connectivity index (χ2n) is 6.35. The van der Waals surface area contributed by atoms with Crippen molar-refractivity contribution in [2.75, 3.05) is 11.4 Å². The van der Waals surface area contributed by atoms with Crippen molar-refractivity contribution in [1.29, 1.82) is 0 Å². The summed E-state index contributed by atoms with van der Waals surface area (Å²) in [6, 6.07) is 14.5. The highest BCUT2D eigenvalue weighted by Gasteiger charge is 2.33. The number of carbonyl (C=O) groups is 2. The Hall–Kier alpha value is -2.37. The molecule has 1 heterocycles. The van der Waals surface area contributed by atoms with Gasteiger partial charge in [-0.2, -0.15) is 0 Å². The zero-order chi connectivity index (χ0) is 18.5. The number of halogens is 1. The third kappa shape index (κ3) is 4.23. The van der Waals surface area contributed by atoms with Crippen LogP contribution >= 0.6 is 11.6 Å². The van der Waals surface area contributed by atoms with Gasteiger partial charge in [-0.15, -0.1) is 0 Å². The van der Waals surface area contributed by atoms with E-state index in [0.29, 0.717) is 37.4 Å². The monoisotopic (exact) mass is 371 g/mol. The van der Waals surface area contributed by atoms with Crippen molar-refractivity contribution in [2.45, 2.75) is 31.8 Å². The number of nitrogens with one attached hydrogen (secondary N) is 1. The summed E-state index contributed by atoms with van der Waals surface area (Å²) in [6.07, 6.45) is 1.55. The molecule has 1 fully saturated rings. The third-order valence-corrected chi connectivity index (χ3v) is 4.89. The molecule has 2 aromatic carbocycles. The van der Waals surface area contributed by atoms with Gasteiger partial charge in [-0.1, -0.05) is 35.9 Å². The smallest absolute Gasteiger partial charge is 0.249 e. The lowest BCUT2D eigenvalue weighted by molar-refractivity contribution is -0.126. The molecule has 1 atom stereocenters. The van der Waals surface area contributed by atoms with Crippen molar-refractivity contribution in [1.82, 2.24) is 5.32 Å². The van der Waals surface area contributed by atoms with Gasteiger partial charge in [0, 0.05) is 30.2 Å². The number of hydrogen-bond donors (Lipinski definition) is 2. The molecule has 1 aliphatic rings. The van der Waals surface area contributed by atoms with E-state index >= 15 is 0 Å². The first-order valence-electron chi connectivity index (χ1n) is 8.71. The van der Waals surface area contributed by atoms with E-state index in [-0.39, 0.29) is 11.8 Å². The van der Waals surface area contributed by atoms with Gasteiger partial charge in [0.2, 0.25) is 11.8 Å². The average Bonchev–Trinajstić information content (AvgIpc) is 3.01. The molecule has 1 unspecified atom stereocenters. The van der Waals surface area contributed by atoms with Crippen molar-refractivity contribution in [3.63, 3.8) is 0 Å². The lowest BCUT2D eigenvalue weighted by Crippen LogP contribution is -2.41. The number of hydrogen-bond acceptors (Lipinski definition) is 3. The fourth-order valence-electron chi connectivity index (χ4n) is 3.21. The zero-order valence-corrected chi connectivity index (χ0v) is 15.2. The minimum absolute atomic E-state index is 0.0805. The maximum Gasteiger partial charge on any atom is 0.249 e. The largest absolute Gasteiger partial charge is 0.344 e. The minimum Gasteiger partial charge on any atom is -0.344 e. The molecular weight excluding hydrogens is 350 g/mol. The van der Waals surface area contributed by atoms with Gasteiger partial charge < -0.3 is 16.0 Å². The number of anilines is 1. The van der Waals surface area contributed by atoms with E-state index in [2.05, 4.69) is 5.32 Å². The molecule has 0 radical (unpaired) electrons. The predicted octanol–water partition coefficient (Wildman–Crippen LogP) is 2.65. The SMILES string of the molecule is NCc1ccccc1CCC(=O)NC1CCN(c2ccc(Cl)cc2)C1=O. The van der Waals surface area contributed by atoms with E-state index in [9.17, 15) is 9.59 Å². The highest BCUT2D eigenvalue weighted by molar-refractivity contribution is 6.30. The summed E-state index contributed by atoms with van der Waals surface area (Å²) >= 11 is 5.89. The zero-order valence-electron chi connectivity index (χ0n) is 14.5. The number of nitrogens with zero attached hydrogens (tertiary/aromatic N) is 1. The van der Waals surface area contributed by atoms with Gasteiger partial charge in [-0.3, -0.25) is 9.59 Å². The van der Waals surface area contributed by atoms with E-state index in [0.717, 1.165) is 16.8 Å². The number of carbonyl (C=O) groups excluding carboxylic acids is 2. The fraction of sp³-hybridized carbons (Fsp3) is 0.300. The van der Waals surface area contributed by atoms with E-state index in [4.69, 9.17) is 17.3 Å². The molecule has 1 aliphatic heterocycles. The van der Waals surface area contributed by atoms with Gasteiger partial charge in [0.05, 0.1) is 0 Å². The summed E-state index contributed by atoms with van der Waals surface area (Å²) in [5.74, 6) is -0.198. The number of benzene rings is 2. The Kier molecular flexibility index (Phi) is 5.91. The summed E-state index contributed by atoms with van der Waals surface area (Å²) in [5, 5.41) is 3.49. The molecule has 0 spiro atoms. The molecule has 5 nitrogen and oxygen atoms in total. The van der Waals surface area contributed by atoms with Gasteiger partial charge in [-0.05, 0) is 48.2 Å². The molecule has 1 saturated heterocycles. The molecule has 6 heteroatoms. The second kappa shape index (κ2) is 8.34. The van der Waals surface area contributed by atoms with E-state index in [1.165, 1.54) is 0 Å². The van der Waals surface area contributed by atoms with Gasteiger partial charge in [-0.25, -0.2) is 0 Å². The predicted molar refractivity (Wildman–Crippen MR) is 103 cm³/mol. The van der Waals surface area contributed by atoms with Crippen LogP contribution in [-0.2, 0) is 22.6 Å². The van der Waals surface area contributed by atoms with Gasteiger partial charge in [0.1, 0.15) is 6.04 Å². The average molecular weight is 372 g/mol. The quantitative estimate of drug-likeness (QED) is 0.819. The van der Waals surface area contributed by atoms with Crippen molar-refractivity contribution in [2.24, 2.45) is 5.73 Å². The number of rotatable bonds is 6. The summed E-state index contributed by atoms with van der Waals surface area (Å²) < 4.78 is 0. The van der Waals surface area contributed by atoms with Crippen molar-refractivity contribution >= 4 is 29.1 Å². The van der Waals surface area contributed by atoms with Crippen LogP contribution in [0.2, 0.25) is 5.02 Å². The van der Waals surface area contributed by atoms with Crippen molar-refractivity contribution < 1.29 is 9.59 Å². The molecule has 3 N–H and O–H groups in total. The molecule has 0 aromatic heterocycles. The van der Waals surface area contributed by atoms with E-state index in [1.807, 2.05) is 36.4 Å². The molecule has 0 bridgehead atoms. The molecule has 0 aliphatic carbocycles. The summed E-state index contributed by atoms with van der Waals surface area (Å²) in [6.45, 7) is 1.04. The number of amides is 2. The van der Waals surface area contributed by atoms with Crippen LogP contribution in [-0.4, -0.2) is 24.4 Å². The maximum absolute atomic E-state index is 12.6. The Balaban J connectivity index is 1.55. The van der Waals surface area contributed by atoms with Crippen LogP contribution in [0.4, 0.5) is 5.69 Å². The first-order chi connectivity index (χ1) is 12.6. The standard InChI is InChI=1S/C20H22ClN3O2/c21-16-6-8-17(9-7-16)24-12-11-18(20(24)26)23-19(25)10-5-14-3-1-2-4-15(14)13-22/h1-4,6-9,18H,5,10-13,22H2,(H,23,25). The molecule has 2 aromatic rings. The minimum atomic E-state index is -0.470. The topological polar surface area (TPSA) is 75.4 Å². The van der Waals surface area contributed by atoms with Gasteiger partial charge in [0.25, 0.3) is 0 Å². The Morgan fingerprint density at radius 2 is 1.85 bits per heavy atom. The van der Waals surface area contributed by atoms with E-state index in [1.54, 1.807) is 17.0 Å². The van der Waals surface area contributed by atoms with Crippen LogP contribution in [0.3, 0.4) is 0 Å². The van der Waals surface area contributed by atoms with Crippen molar-refractivity contribution in [3.05, 3.63) is 64.7 Å². The van der Waals surface area contributed by atoms with Crippen LogP contribution in [0.25, 0.3) is 0 Å². The van der Waals surface area contributed by atoms with Crippen LogP contribution < -0.4 is 16.0 Å². The van der Waals surface area contributed by atoms with Crippen LogP contribution in [0.15, 0.2) is 48.5 Å². The summed E-state index contributed by atoms with van der Waals surface area (Å²) in [5.41, 5.74) is 8.65. The van der Waals surface area contributed by atoms with Crippen LogP contribution in [0, 0.1) is 0 Å². The molecule has 136 valence electrons. The van der Waals surface area contributed by atoms with Gasteiger partial charge in [0.15, 0.2) is 0 Å². The Morgan fingerprint density at radius 3 is 2.54 bits per heavy atom. The Bertz CT molecular complexity index is 792. The molecule has 3 rings (SSSR count). The molecular formula is C20H22ClN3O2. The highest BCUT2D eigenvalue weighted by atomic mass is 35.5. The normalized spacial score (nSPS) is 16.8. The molecule has 2 amide bonds. The lowest BCUT2D eigenvalue weighted by atomic mass is 10.0. The van der Waals surface area contributed by atoms with Crippen LogP contribution in [0.1, 0.15) is 24.0 Å². The number of nitrogens with two attached hydrogens (primary N) is 1. The van der Waals surface area contributed by atoms with E-state index < -0.39 is 6.04 Å². The highest BCUT2D eigenvalue weighted by Crippen LogP contribution is 2.23. The fourth-order valence-corrected chi connectivity index (χ4v) is 3.33. The Labute approximate surface area is 158 Å². The van der Waals surface area contributed by atoms with Crippen LogP contribution in [0.5, 0.6) is 0 Å².